The van der Waals surface area contributed by atoms with Crippen LogP contribution in [0.4, 0.5) is 0 Å². The topological polar surface area (TPSA) is 73.8 Å². The molecule has 0 saturated carbocycles. The Hall–Kier alpha value is -2.67. The van der Waals surface area contributed by atoms with Gasteiger partial charge in [-0.1, -0.05) is 0 Å². The molecule has 7 heteroatoms. The summed E-state index contributed by atoms with van der Waals surface area (Å²) < 4.78 is 16.8. The fourth-order valence-electron chi connectivity index (χ4n) is 2.85. The third kappa shape index (κ3) is 2.90. The van der Waals surface area contributed by atoms with Crippen molar-refractivity contribution in [2.24, 2.45) is 0 Å². The smallest absolute Gasteiger partial charge is 0.254 e. The zero-order chi connectivity index (χ0) is 16.4. The minimum atomic E-state index is -0.256. The highest BCUT2D eigenvalue weighted by Gasteiger charge is 2.27. The largest absolute Gasteiger partial charge is 0.486 e. The Bertz CT molecular complexity index is 738. The lowest BCUT2D eigenvalue weighted by molar-refractivity contribution is -0.0249. The van der Waals surface area contributed by atoms with Crippen molar-refractivity contribution in [2.45, 2.75) is 6.10 Å². The third-order valence-electron chi connectivity index (χ3n) is 4.06. The van der Waals surface area contributed by atoms with Crippen molar-refractivity contribution >= 4 is 5.91 Å². The predicted molar refractivity (Wildman–Crippen MR) is 84.1 cm³/mol. The van der Waals surface area contributed by atoms with Crippen LogP contribution < -0.4 is 9.47 Å². The van der Waals surface area contributed by atoms with Crippen LogP contribution in [-0.4, -0.2) is 53.7 Å². The van der Waals surface area contributed by atoms with E-state index in [-0.39, 0.29) is 12.0 Å². The first-order chi connectivity index (χ1) is 11.8. The molecule has 7 nitrogen and oxygen atoms in total. The van der Waals surface area contributed by atoms with Crippen molar-refractivity contribution in [3.8, 4) is 11.5 Å². The number of carbonyl (C=O) groups is 1. The van der Waals surface area contributed by atoms with E-state index in [2.05, 4.69) is 9.97 Å². The summed E-state index contributed by atoms with van der Waals surface area (Å²) in [6.07, 6.45) is 4.65. The molecule has 1 aromatic carbocycles. The molecule has 1 aromatic heterocycles. The van der Waals surface area contributed by atoms with Gasteiger partial charge in [-0.15, -0.1) is 0 Å². The van der Waals surface area contributed by atoms with Crippen LogP contribution >= 0.6 is 0 Å². The lowest BCUT2D eigenvalue weighted by Crippen LogP contribution is -2.42. The summed E-state index contributed by atoms with van der Waals surface area (Å²) in [6.45, 7) is 2.49. The van der Waals surface area contributed by atoms with Gasteiger partial charge in [0.2, 0.25) is 0 Å². The van der Waals surface area contributed by atoms with Gasteiger partial charge in [-0.2, -0.15) is 0 Å². The van der Waals surface area contributed by atoms with Crippen LogP contribution in [0.5, 0.6) is 11.5 Å². The normalized spacial score (nSPS) is 19.8. The molecule has 4 rings (SSSR count). The molecular weight excluding hydrogens is 310 g/mol. The van der Waals surface area contributed by atoms with Crippen LogP contribution in [0.1, 0.15) is 22.2 Å². The van der Waals surface area contributed by atoms with Crippen molar-refractivity contribution in [2.75, 3.05) is 32.9 Å². The van der Waals surface area contributed by atoms with Gasteiger partial charge in [-0.05, 0) is 18.2 Å². The summed E-state index contributed by atoms with van der Waals surface area (Å²) in [5.41, 5.74) is 1.32. The van der Waals surface area contributed by atoms with Gasteiger partial charge in [-0.3, -0.25) is 14.8 Å². The molecular formula is C17H17N3O4. The molecule has 0 radical (unpaired) electrons. The maximum absolute atomic E-state index is 12.8. The van der Waals surface area contributed by atoms with Crippen molar-refractivity contribution < 1.29 is 19.0 Å². The van der Waals surface area contributed by atoms with Gasteiger partial charge in [0.15, 0.2) is 11.5 Å². The number of hydrogen-bond donors (Lipinski definition) is 0. The molecule has 2 aromatic rings. The number of carbonyl (C=O) groups excluding carboxylic acids is 1. The van der Waals surface area contributed by atoms with Gasteiger partial charge in [0.25, 0.3) is 5.91 Å². The second-order valence-electron chi connectivity index (χ2n) is 5.60. The fraction of sp³-hybridized carbons (Fsp3) is 0.353. The number of benzene rings is 1. The summed E-state index contributed by atoms with van der Waals surface area (Å²) in [7, 11) is 0. The average Bonchev–Trinajstić information content (AvgIpc) is 2.68. The van der Waals surface area contributed by atoms with Crippen molar-refractivity contribution in [1.29, 1.82) is 0 Å². The highest BCUT2D eigenvalue weighted by molar-refractivity contribution is 5.95. The number of hydrogen-bond acceptors (Lipinski definition) is 6. The van der Waals surface area contributed by atoms with Gasteiger partial charge in [0.1, 0.15) is 19.3 Å². The molecule has 1 saturated heterocycles. The second-order valence-corrected chi connectivity index (χ2v) is 5.60. The van der Waals surface area contributed by atoms with Gasteiger partial charge < -0.3 is 19.1 Å². The molecule has 3 heterocycles. The van der Waals surface area contributed by atoms with Gasteiger partial charge in [-0.25, -0.2) is 0 Å². The Labute approximate surface area is 139 Å². The SMILES string of the molecule is O=C(c1ccc2c(c1)OCCO2)N1CCO[C@@H](c2cnccn2)C1. The van der Waals surface area contributed by atoms with E-state index in [0.717, 1.165) is 5.69 Å². The minimum Gasteiger partial charge on any atom is -0.486 e. The van der Waals surface area contributed by atoms with E-state index in [9.17, 15) is 4.79 Å². The fourth-order valence-corrected chi connectivity index (χ4v) is 2.85. The van der Waals surface area contributed by atoms with Gasteiger partial charge in [0, 0.05) is 24.5 Å². The number of ether oxygens (including phenoxy) is 3. The van der Waals surface area contributed by atoms with Crippen LogP contribution in [0, 0.1) is 0 Å². The minimum absolute atomic E-state index is 0.0517. The van der Waals surface area contributed by atoms with E-state index in [4.69, 9.17) is 14.2 Å². The zero-order valence-electron chi connectivity index (χ0n) is 13.1. The Morgan fingerprint density at radius 3 is 2.83 bits per heavy atom. The molecule has 2 aliphatic rings. The highest BCUT2D eigenvalue weighted by atomic mass is 16.6. The van der Waals surface area contributed by atoms with Crippen LogP contribution in [0.3, 0.4) is 0 Å². The molecule has 0 spiro atoms. The quantitative estimate of drug-likeness (QED) is 0.831. The second kappa shape index (κ2) is 6.45. The van der Waals surface area contributed by atoms with E-state index < -0.39 is 0 Å². The average molecular weight is 327 g/mol. The predicted octanol–water partition coefficient (Wildman–Crippen LogP) is 1.46. The lowest BCUT2D eigenvalue weighted by Gasteiger charge is -2.32. The lowest BCUT2D eigenvalue weighted by atomic mass is 10.1. The Morgan fingerprint density at radius 2 is 2.00 bits per heavy atom. The molecule has 0 bridgehead atoms. The molecule has 1 atom stereocenters. The zero-order valence-corrected chi connectivity index (χ0v) is 13.1. The summed E-state index contributed by atoms with van der Waals surface area (Å²) >= 11 is 0. The molecule has 1 amide bonds. The van der Waals surface area contributed by atoms with Crippen LogP contribution in [0.15, 0.2) is 36.8 Å². The Kier molecular flexibility index (Phi) is 4.00. The van der Waals surface area contributed by atoms with Crippen LogP contribution in [0.2, 0.25) is 0 Å². The maximum atomic E-state index is 12.8. The maximum Gasteiger partial charge on any atom is 0.254 e. The highest BCUT2D eigenvalue weighted by Crippen LogP contribution is 2.31. The molecule has 0 unspecified atom stereocenters. The van der Waals surface area contributed by atoms with Crippen LogP contribution in [-0.2, 0) is 4.74 Å². The summed E-state index contributed by atoms with van der Waals surface area (Å²) in [5.74, 6) is 1.24. The van der Waals surface area contributed by atoms with Crippen molar-refractivity contribution in [1.82, 2.24) is 14.9 Å². The molecule has 124 valence electrons. The van der Waals surface area contributed by atoms with Crippen molar-refractivity contribution in [3.63, 3.8) is 0 Å². The van der Waals surface area contributed by atoms with Gasteiger partial charge >= 0.3 is 0 Å². The van der Waals surface area contributed by atoms with E-state index in [1.54, 1.807) is 41.7 Å². The van der Waals surface area contributed by atoms with Crippen molar-refractivity contribution in [3.05, 3.63) is 48.0 Å². The number of amides is 1. The first kappa shape index (κ1) is 14.9. The number of fused-ring (bicyclic) bond motifs is 1. The number of aromatic nitrogens is 2. The van der Waals surface area contributed by atoms with Crippen LogP contribution in [0.25, 0.3) is 0 Å². The summed E-state index contributed by atoms with van der Waals surface area (Å²) in [6, 6.07) is 5.29. The molecule has 2 aliphatic heterocycles. The Morgan fingerprint density at radius 1 is 1.12 bits per heavy atom. The molecule has 24 heavy (non-hydrogen) atoms. The first-order valence-electron chi connectivity index (χ1n) is 7.88. The molecule has 0 aliphatic carbocycles. The van der Waals surface area contributed by atoms with Gasteiger partial charge in [0.05, 0.1) is 25.0 Å². The number of nitrogens with zero attached hydrogens (tertiary/aromatic N) is 3. The number of rotatable bonds is 2. The van der Waals surface area contributed by atoms with E-state index in [1.165, 1.54) is 0 Å². The van der Waals surface area contributed by atoms with E-state index in [1.807, 2.05) is 0 Å². The van der Waals surface area contributed by atoms with E-state index in [0.29, 0.717) is 50.0 Å². The standard InChI is InChI=1S/C17H17N3O4/c21-17(12-1-2-14-15(9-12)24-8-7-23-14)20-5-6-22-16(11-20)13-10-18-3-4-19-13/h1-4,9-10,16H,5-8,11H2/t16-/m1/s1. The third-order valence-corrected chi connectivity index (χ3v) is 4.06. The summed E-state index contributed by atoms with van der Waals surface area (Å²) in [4.78, 5) is 22.9. The van der Waals surface area contributed by atoms with E-state index >= 15 is 0 Å². The monoisotopic (exact) mass is 327 g/mol. The summed E-state index contributed by atoms with van der Waals surface area (Å²) in [5, 5.41) is 0. The molecule has 1 fully saturated rings. The first-order valence-corrected chi connectivity index (χ1v) is 7.88. The molecule has 0 N–H and O–H groups in total. The number of morpholine rings is 1. The Balaban J connectivity index is 1.51.